The van der Waals surface area contributed by atoms with E-state index in [1.54, 1.807) is 0 Å². The Morgan fingerprint density at radius 1 is 0.683 bits per heavy atom. The summed E-state index contributed by atoms with van der Waals surface area (Å²) in [4.78, 5) is 10.5. The minimum Gasteiger partial charge on any atom is -0.518 e. The number of rotatable bonds is 9. The van der Waals surface area contributed by atoms with Crippen LogP contribution >= 0.6 is 0 Å². The normalized spacial score (nSPS) is 15.9. The molecular formula is C57H62N4OPt. The molecule has 1 atom stereocenters. The SMILES string of the molecule is Cc1ccc2c(c1)c1ccc(-n3c4ccc(C(C)(C)C)cc4c4cccnc43)[c-]c1n2-c1[c-]c(C2=N[C@](C)(C(C(C)C)C(C)C)CO2)cc(-c2c(C(C)C)cccc2C(C)C)c1.[Pt+2]. The molecule has 63 heavy (non-hydrogen) atoms. The summed E-state index contributed by atoms with van der Waals surface area (Å²) in [5.41, 5.74) is 14.1. The number of nitrogens with zero attached hydrogens (tertiary/aromatic N) is 4. The van der Waals surface area contributed by atoms with Gasteiger partial charge in [0, 0.05) is 22.5 Å². The molecule has 0 amide bonds. The fraction of sp³-hybridized carbons (Fsp3) is 0.368. The number of ether oxygens (including phenoxy) is 1. The first-order chi connectivity index (χ1) is 29.4. The third-order valence-corrected chi connectivity index (χ3v) is 13.4. The van der Waals surface area contributed by atoms with Crippen molar-refractivity contribution in [3.05, 3.63) is 137 Å². The Hall–Kier alpha value is -4.99. The fourth-order valence-corrected chi connectivity index (χ4v) is 10.8. The molecule has 5 aromatic carbocycles. The van der Waals surface area contributed by atoms with Gasteiger partial charge in [0.1, 0.15) is 18.2 Å². The predicted octanol–water partition coefficient (Wildman–Crippen LogP) is 14.9. The van der Waals surface area contributed by atoms with E-state index in [1.165, 1.54) is 38.6 Å². The number of fused-ring (bicyclic) bond motifs is 6. The van der Waals surface area contributed by atoms with Crippen molar-refractivity contribution < 1.29 is 25.8 Å². The number of hydrogen-bond acceptors (Lipinski definition) is 3. The van der Waals surface area contributed by atoms with E-state index in [-0.39, 0.29) is 32.0 Å². The third-order valence-electron chi connectivity index (χ3n) is 13.4. The Morgan fingerprint density at radius 3 is 2.02 bits per heavy atom. The molecule has 6 heteroatoms. The van der Waals surface area contributed by atoms with Crippen LogP contribution in [0.15, 0.2) is 102 Å². The molecule has 0 saturated carbocycles. The number of pyridine rings is 1. The molecule has 0 aliphatic carbocycles. The third kappa shape index (κ3) is 7.67. The van der Waals surface area contributed by atoms with Crippen LogP contribution in [0.1, 0.15) is 123 Å². The quantitative estimate of drug-likeness (QED) is 0.135. The summed E-state index contributed by atoms with van der Waals surface area (Å²) in [6.07, 6.45) is 1.90. The number of hydrogen-bond donors (Lipinski definition) is 0. The van der Waals surface area contributed by atoms with E-state index in [1.807, 2.05) is 12.3 Å². The van der Waals surface area contributed by atoms with E-state index in [0.717, 1.165) is 55.5 Å². The molecule has 8 aromatic rings. The van der Waals surface area contributed by atoms with Crippen molar-refractivity contribution in [1.29, 1.82) is 0 Å². The van der Waals surface area contributed by atoms with Gasteiger partial charge in [-0.05, 0) is 113 Å². The Labute approximate surface area is 389 Å². The van der Waals surface area contributed by atoms with Crippen LogP contribution in [0.5, 0.6) is 0 Å². The molecule has 0 radical (unpaired) electrons. The number of aliphatic imine (C=N–C) groups is 1. The Bertz CT molecular complexity index is 3030. The van der Waals surface area contributed by atoms with Gasteiger partial charge in [-0.2, -0.15) is 6.07 Å². The second-order valence-electron chi connectivity index (χ2n) is 20.5. The monoisotopic (exact) mass is 1010 g/mol. The maximum Gasteiger partial charge on any atom is 2.00 e. The standard InChI is InChI=1S/C57H62N4O.Pt/c1-33(2)43-16-14-17-44(34(3)4)52(43)38-27-39(55-59-57(13,32-62-55)53(35(5)6)36(7)8)29-42(28-38)60-49-23-19-37(9)26-47(49)45-22-21-41(31-51(45)60)61-50-24-20-40(56(10,11)12)30-48(50)46-18-15-25-58-54(46)61;/h14-28,30,33-36,53H,32H2,1-13H3;/q-2;+2/t57-;/m0./s1. The first-order valence-electron chi connectivity index (χ1n) is 22.8. The minimum absolute atomic E-state index is 0. The Kier molecular flexibility index (Phi) is 11.7. The van der Waals surface area contributed by atoms with Gasteiger partial charge in [-0.15, -0.1) is 35.7 Å². The van der Waals surface area contributed by atoms with Gasteiger partial charge in [-0.1, -0.05) is 140 Å². The molecule has 5 nitrogen and oxygen atoms in total. The van der Waals surface area contributed by atoms with Gasteiger partial charge in [0.15, 0.2) is 0 Å². The molecule has 0 bridgehead atoms. The largest absolute Gasteiger partial charge is 2.00 e. The molecule has 0 saturated heterocycles. The van der Waals surface area contributed by atoms with Gasteiger partial charge in [0.05, 0.1) is 11.1 Å². The molecule has 0 fully saturated rings. The van der Waals surface area contributed by atoms with Crippen molar-refractivity contribution in [2.75, 3.05) is 6.61 Å². The van der Waals surface area contributed by atoms with E-state index in [4.69, 9.17) is 14.7 Å². The molecular weight excluding hydrogens is 952 g/mol. The van der Waals surface area contributed by atoms with Crippen molar-refractivity contribution >= 4 is 49.6 Å². The van der Waals surface area contributed by atoms with Crippen LogP contribution < -0.4 is 0 Å². The zero-order valence-corrected chi connectivity index (χ0v) is 41.6. The number of aryl methyl sites for hydroxylation is 1. The molecule has 0 spiro atoms. The van der Waals surface area contributed by atoms with Gasteiger partial charge in [-0.3, -0.25) is 4.99 Å². The summed E-state index contributed by atoms with van der Waals surface area (Å²) in [5.74, 6) is 2.60. The van der Waals surface area contributed by atoms with Gasteiger partial charge < -0.3 is 13.9 Å². The number of benzene rings is 5. The van der Waals surface area contributed by atoms with Crippen molar-refractivity contribution in [3.63, 3.8) is 0 Å². The average molecular weight is 1010 g/mol. The summed E-state index contributed by atoms with van der Waals surface area (Å²) >= 11 is 0. The summed E-state index contributed by atoms with van der Waals surface area (Å²) in [5, 5.41) is 4.65. The molecule has 0 unspecified atom stereocenters. The predicted molar refractivity (Wildman–Crippen MR) is 262 cm³/mol. The molecule has 9 rings (SSSR count). The summed E-state index contributed by atoms with van der Waals surface area (Å²) in [7, 11) is 0. The summed E-state index contributed by atoms with van der Waals surface area (Å²) in [6.45, 7) is 30.3. The molecule has 326 valence electrons. The van der Waals surface area contributed by atoms with E-state index in [2.05, 4.69) is 196 Å². The van der Waals surface area contributed by atoms with Crippen LogP contribution in [-0.2, 0) is 31.2 Å². The fourth-order valence-electron chi connectivity index (χ4n) is 10.8. The summed E-state index contributed by atoms with van der Waals surface area (Å²) in [6, 6.07) is 41.7. The van der Waals surface area contributed by atoms with E-state index >= 15 is 0 Å². The zero-order chi connectivity index (χ0) is 44.0. The Balaban J connectivity index is 0.00000544. The van der Waals surface area contributed by atoms with Crippen molar-refractivity contribution in [1.82, 2.24) is 14.1 Å². The molecule has 3 aromatic heterocycles. The van der Waals surface area contributed by atoms with E-state index in [9.17, 15) is 0 Å². The molecule has 4 heterocycles. The second-order valence-corrected chi connectivity index (χ2v) is 20.5. The smallest absolute Gasteiger partial charge is 0.518 e. The van der Waals surface area contributed by atoms with Gasteiger partial charge >= 0.3 is 21.1 Å². The van der Waals surface area contributed by atoms with Crippen LogP contribution in [0.3, 0.4) is 0 Å². The van der Waals surface area contributed by atoms with Gasteiger partial charge in [0.25, 0.3) is 0 Å². The molecule has 1 aliphatic heterocycles. The van der Waals surface area contributed by atoms with Crippen molar-refractivity contribution in [2.24, 2.45) is 22.7 Å². The van der Waals surface area contributed by atoms with Gasteiger partial charge in [0.2, 0.25) is 0 Å². The molecule has 1 aliphatic rings. The zero-order valence-electron chi connectivity index (χ0n) is 39.3. The van der Waals surface area contributed by atoms with Crippen LogP contribution in [0, 0.1) is 36.8 Å². The van der Waals surface area contributed by atoms with Crippen molar-refractivity contribution in [2.45, 2.75) is 113 Å². The second kappa shape index (κ2) is 16.5. The van der Waals surface area contributed by atoms with E-state index < -0.39 is 0 Å². The van der Waals surface area contributed by atoms with Crippen LogP contribution in [-0.4, -0.2) is 32.2 Å². The van der Waals surface area contributed by atoms with Crippen LogP contribution in [0.2, 0.25) is 0 Å². The summed E-state index contributed by atoms with van der Waals surface area (Å²) < 4.78 is 11.4. The van der Waals surface area contributed by atoms with Gasteiger partial charge in [-0.25, -0.2) is 4.98 Å². The maximum atomic E-state index is 6.72. The molecule has 0 N–H and O–H groups in total. The number of aromatic nitrogens is 3. The van der Waals surface area contributed by atoms with E-state index in [0.29, 0.717) is 42.1 Å². The van der Waals surface area contributed by atoms with Crippen molar-refractivity contribution in [3.8, 4) is 22.5 Å². The van der Waals surface area contributed by atoms with Crippen LogP contribution in [0.4, 0.5) is 0 Å². The van der Waals surface area contributed by atoms with Crippen LogP contribution in [0.25, 0.3) is 66.2 Å². The first-order valence-corrected chi connectivity index (χ1v) is 22.8. The topological polar surface area (TPSA) is 44.3 Å². The maximum absolute atomic E-state index is 6.72. The Morgan fingerprint density at radius 2 is 1.35 bits per heavy atom. The average Bonchev–Trinajstić information content (AvgIpc) is 3.88. The first kappa shape index (κ1) is 44.6. The minimum atomic E-state index is -0.350.